The van der Waals surface area contributed by atoms with Gasteiger partial charge in [0.25, 0.3) is 0 Å². The molecule has 14 heavy (non-hydrogen) atoms. The number of nitrogens with two attached hydrogens (primary N) is 1. The lowest BCUT2D eigenvalue weighted by atomic mass is 10.1. The van der Waals surface area contributed by atoms with Gasteiger partial charge in [-0.15, -0.1) is 22.6 Å². The second-order valence-corrected chi connectivity index (χ2v) is 3.84. The molecule has 1 heterocycles. The highest BCUT2D eigenvalue weighted by Gasteiger charge is 2.17. The van der Waals surface area contributed by atoms with Crippen molar-refractivity contribution in [3.8, 4) is 0 Å². The molecule has 1 aromatic heterocycles. The number of hydrogen-bond acceptors (Lipinski definition) is 5. The summed E-state index contributed by atoms with van der Waals surface area (Å²) in [6.45, 7) is 3.79. The van der Waals surface area contributed by atoms with Crippen LogP contribution in [0.15, 0.2) is 5.51 Å². The van der Waals surface area contributed by atoms with Crippen molar-refractivity contribution in [3.05, 3.63) is 5.51 Å². The van der Waals surface area contributed by atoms with Gasteiger partial charge >= 0.3 is 0 Å². The van der Waals surface area contributed by atoms with Crippen molar-refractivity contribution >= 4 is 34.8 Å². The third-order valence-corrected chi connectivity index (χ3v) is 2.22. The molecule has 1 rings (SSSR count). The van der Waals surface area contributed by atoms with Gasteiger partial charge in [0.1, 0.15) is 5.51 Å². The summed E-state index contributed by atoms with van der Waals surface area (Å²) in [5, 5.41) is 10.3. The minimum Gasteiger partial charge on any atom is -0.320 e. The minimum absolute atomic E-state index is 0. The summed E-state index contributed by atoms with van der Waals surface area (Å²) in [5.74, 6) is -0.0975. The molecule has 1 amide bonds. The van der Waals surface area contributed by atoms with E-state index in [0.717, 1.165) is 0 Å². The Morgan fingerprint density at radius 3 is 2.71 bits per heavy atom. The van der Waals surface area contributed by atoms with Crippen molar-refractivity contribution in [2.24, 2.45) is 11.7 Å². The Morgan fingerprint density at radius 2 is 2.29 bits per heavy atom. The van der Waals surface area contributed by atoms with Gasteiger partial charge in [-0.05, 0) is 5.92 Å². The van der Waals surface area contributed by atoms with Gasteiger partial charge in [-0.25, -0.2) is 0 Å². The van der Waals surface area contributed by atoms with Crippen LogP contribution in [0.25, 0.3) is 0 Å². The van der Waals surface area contributed by atoms with E-state index in [-0.39, 0.29) is 24.2 Å². The molecule has 0 saturated carbocycles. The Balaban J connectivity index is 0.00000169. The monoisotopic (exact) mass is 236 g/mol. The van der Waals surface area contributed by atoms with E-state index in [0.29, 0.717) is 5.13 Å². The van der Waals surface area contributed by atoms with Crippen LogP contribution in [0.2, 0.25) is 0 Å². The standard InChI is InChI=1S/C7H12N4OS.ClH/c1-4(2)5(8)6(12)10-7-11-9-3-13-7;/h3-5H,8H2,1-2H3,(H,10,11,12);1H. The maximum atomic E-state index is 11.4. The minimum atomic E-state index is -0.496. The number of halogens is 1. The third kappa shape index (κ3) is 3.57. The quantitative estimate of drug-likeness (QED) is 0.817. The van der Waals surface area contributed by atoms with Crippen molar-refractivity contribution < 1.29 is 4.79 Å². The molecular formula is C7H13ClN4OS. The first-order chi connectivity index (χ1) is 6.11. The van der Waals surface area contributed by atoms with Crippen molar-refractivity contribution in [2.75, 3.05) is 5.32 Å². The number of nitrogens with zero attached hydrogens (tertiary/aromatic N) is 2. The first kappa shape index (κ1) is 13.3. The van der Waals surface area contributed by atoms with Crippen LogP contribution in [0.1, 0.15) is 13.8 Å². The number of carbonyl (C=O) groups is 1. The molecule has 1 atom stereocenters. The molecule has 0 aromatic carbocycles. The molecule has 1 aromatic rings. The molecule has 7 heteroatoms. The second-order valence-electron chi connectivity index (χ2n) is 3.00. The maximum absolute atomic E-state index is 11.4. The molecule has 5 nitrogen and oxygen atoms in total. The lowest BCUT2D eigenvalue weighted by Gasteiger charge is -2.13. The van der Waals surface area contributed by atoms with Crippen LogP contribution >= 0.6 is 23.7 Å². The summed E-state index contributed by atoms with van der Waals surface area (Å²) >= 11 is 1.27. The average molecular weight is 237 g/mol. The Kier molecular flexibility index (Phi) is 5.59. The molecule has 0 fully saturated rings. The molecule has 80 valence electrons. The van der Waals surface area contributed by atoms with Crippen LogP contribution in [0, 0.1) is 5.92 Å². The van der Waals surface area contributed by atoms with Crippen molar-refractivity contribution in [1.29, 1.82) is 0 Å². The van der Waals surface area contributed by atoms with E-state index in [4.69, 9.17) is 5.73 Å². The van der Waals surface area contributed by atoms with E-state index < -0.39 is 6.04 Å². The largest absolute Gasteiger partial charge is 0.320 e. The fraction of sp³-hybridized carbons (Fsp3) is 0.571. The lowest BCUT2D eigenvalue weighted by molar-refractivity contribution is -0.118. The number of anilines is 1. The maximum Gasteiger partial charge on any atom is 0.243 e. The highest BCUT2D eigenvalue weighted by Crippen LogP contribution is 2.09. The summed E-state index contributed by atoms with van der Waals surface area (Å²) in [6.07, 6.45) is 0. The molecule has 0 saturated heterocycles. The topological polar surface area (TPSA) is 80.9 Å². The van der Waals surface area contributed by atoms with Crippen LogP contribution in [0.4, 0.5) is 5.13 Å². The highest BCUT2D eigenvalue weighted by molar-refractivity contribution is 7.13. The second kappa shape index (κ2) is 5.90. The van der Waals surface area contributed by atoms with Gasteiger partial charge in [0.05, 0.1) is 6.04 Å². The van der Waals surface area contributed by atoms with Crippen molar-refractivity contribution in [2.45, 2.75) is 19.9 Å². The van der Waals surface area contributed by atoms with E-state index in [2.05, 4.69) is 15.5 Å². The molecule has 0 bridgehead atoms. The summed E-state index contributed by atoms with van der Waals surface area (Å²) in [5.41, 5.74) is 7.17. The van der Waals surface area contributed by atoms with E-state index >= 15 is 0 Å². The number of carbonyl (C=O) groups excluding carboxylic acids is 1. The normalized spacial score (nSPS) is 12.0. The van der Waals surface area contributed by atoms with Crippen molar-refractivity contribution in [3.63, 3.8) is 0 Å². The Labute approximate surface area is 92.5 Å². The Hall–Kier alpha value is -0.720. The zero-order valence-corrected chi connectivity index (χ0v) is 9.56. The Morgan fingerprint density at radius 1 is 1.64 bits per heavy atom. The summed E-state index contributed by atoms with van der Waals surface area (Å²) in [4.78, 5) is 11.4. The first-order valence-corrected chi connectivity index (χ1v) is 4.82. The lowest BCUT2D eigenvalue weighted by Crippen LogP contribution is -2.39. The smallest absolute Gasteiger partial charge is 0.243 e. The van der Waals surface area contributed by atoms with Gasteiger partial charge in [0.15, 0.2) is 0 Å². The SMILES string of the molecule is CC(C)C(N)C(=O)Nc1nncs1.Cl. The number of hydrogen-bond donors (Lipinski definition) is 2. The molecular weight excluding hydrogens is 224 g/mol. The fourth-order valence-corrected chi connectivity index (χ4v) is 1.17. The van der Waals surface area contributed by atoms with Crippen LogP contribution < -0.4 is 11.1 Å². The molecule has 3 N–H and O–H groups in total. The predicted octanol–water partition coefficient (Wildman–Crippen LogP) is 0.882. The van der Waals surface area contributed by atoms with Gasteiger partial charge in [0.2, 0.25) is 11.0 Å². The number of amides is 1. The van der Waals surface area contributed by atoms with Gasteiger partial charge in [-0.1, -0.05) is 25.2 Å². The Bertz CT molecular complexity index is 277. The third-order valence-electron chi connectivity index (χ3n) is 1.61. The number of aromatic nitrogens is 2. The number of nitrogens with one attached hydrogen (secondary N) is 1. The van der Waals surface area contributed by atoms with Crippen molar-refractivity contribution in [1.82, 2.24) is 10.2 Å². The zero-order chi connectivity index (χ0) is 9.84. The summed E-state index contributed by atoms with van der Waals surface area (Å²) in [6, 6.07) is -0.496. The van der Waals surface area contributed by atoms with Crippen LogP contribution in [0.3, 0.4) is 0 Å². The summed E-state index contributed by atoms with van der Waals surface area (Å²) < 4.78 is 0. The van der Waals surface area contributed by atoms with E-state index in [9.17, 15) is 4.79 Å². The van der Waals surface area contributed by atoms with Gasteiger partial charge < -0.3 is 5.73 Å². The predicted molar refractivity (Wildman–Crippen MR) is 58.6 cm³/mol. The van der Waals surface area contributed by atoms with E-state index in [1.54, 1.807) is 5.51 Å². The highest BCUT2D eigenvalue weighted by atomic mass is 35.5. The fourth-order valence-electron chi connectivity index (χ4n) is 0.719. The van der Waals surface area contributed by atoms with Crippen LogP contribution in [-0.2, 0) is 4.79 Å². The van der Waals surface area contributed by atoms with Gasteiger partial charge in [-0.2, -0.15) is 0 Å². The van der Waals surface area contributed by atoms with Gasteiger partial charge in [0, 0.05) is 0 Å². The van der Waals surface area contributed by atoms with Crippen LogP contribution in [-0.4, -0.2) is 22.1 Å². The summed E-state index contributed by atoms with van der Waals surface area (Å²) in [7, 11) is 0. The number of rotatable bonds is 3. The molecule has 0 aliphatic rings. The molecule has 0 radical (unpaired) electrons. The van der Waals surface area contributed by atoms with Gasteiger partial charge in [-0.3, -0.25) is 10.1 Å². The first-order valence-electron chi connectivity index (χ1n) is 3.94. The molecule has 0 aliphatic heterocycles. The van der Waals surface area contributed by atoms with E-state index in [1.165, 1.54) is 11.3 Å². The molecule has 0 spiro atoms. The van der Waals surface area contributed by atoms with Crippen LogP contribution in [0.5, 0.6) is 0 Å². The molecule has 0 aliphatic carbocycles. The zero-order valence-electron chi connectivity index (χ0n) is 7.93. The van der Waals surface area contributed by atoms with E-state index in [1.807, 2.05) is 13.8 Å². The molecule has 1 unspecified atom stereocenters. The average Bonchev–Trinajstić information content (AvgIpc) is 2.55.